The third kappa shape index (κ3) is 4.40. The first-order valence-electron chi connectivity index (χ1n) is 9.44. The van der Waals surface area contributed by atoms with Gasteiger partial charge in [0.1, 0.15) is 12.4 Å². The van der Waals surface area contributed by atoms with E-state index in [-0.39, 0.29) is 35.2 Å². The summed E-state index contributed by atoms with van der Waals surface area (Å²) in [6, 6.07) is 9.86. The molecule has 2 aromatic carbocycles. The number of morpholine rings is 1. The summed E-state index contributed by atoms with van der Waals surface area (Å²) < 4.78 is 51.5. The molecule has 1 aliphatic heterocycles. The minimum Gasteiger partial charge on any atom is -0.457 e. The predicted octanol–water partition coefficient (Wildman–Crippen LogP) is 3.41. The van der Waals surface area contributed by atoms with E-state index in [1.165, 1.54) is 40.8 Å². The highest BCUT2D eigenvalue weighted by molar-refractivity contribution is 7.89. The van der Waals surface area contributed by atoms with Gasteiger partial charge < -0.3 is 9.47 Å². The summed E-state index contributed by atoms with van der Waals surface area (Å²) in [6.45, 7) is 0.900. The molecule has 2 heterocycles. The van der Waals surface area contributed by atoms with Crippen molar-refractivity contribution in [2.45, 2.75) is 11.5 Å². The van der Waals surface area contributed by atoms with Gasteiger partial charge in [0.25, 0.3) is 0 Å². The van der Waals surface area contributed by atoms with Gasteiger partial charge in [-0.05, 0) is 36.4 Å². The third-order valence-corrected chi connectivity index (χ3v) is 7.15. The van der Waals surface area contributed by atoms with E-state index in [0.717, 1.165) is 0 Å². The number of pyridine rings is 1. The quantitative estimate of drug-likeness (QED) is 0.538. The minimum absolute atomic E-state index is 0.0559. The Kier molecular flexibility index (Phi) is 6.19. The standard InChI is InChI=1S/C21H18ClFN2O5S/c22-18-5-4-15(31(27,28)25-8-10-29-11-9-25)12-17(18)21(26)30-13-14-3-6-19(23)16-2-1-7-24-20(14)16/h1-7,12H,8-11,13H2. The molecule has 0 radical (unpaired) electrons. The Labute approximate surface area is 183 Å². The first-order chi connectivity index (χ1) is 14.9. The predicted molar refractivity (Wildman–Crippen MR) is 112 cm³/mol. The molecule has 10 heteroatoms. The van der Waals surface area contributed by atoms with Crippen LogP contribution in [0.15, 0.2) is 53.6 Å². The number of rotatable bonds is 5. The highest BCUT2D eigenvalue weighted by Gasteiger charge is 2.28. The zero-order valence-corrected chi connectivity index (χ0v) is 17.8. The topological polar surface area (TPSA) is 85.8 Å². The molecule has 0 spiro atoms. The Hall–Kier alpha value is -2.59. The van der Waals surface area contributed by atoms with Crippen LogP contribution < -0.4 is 0 Å². The van der Waals surface area contributed by atoms with Crippen LogP contribution in [0.1, 0.15) is 15.9 Å². The van der Waals surface area contributed by atoms with E-state index >= 15 is 0 Å². The van der Waals surface area contributed by atoms with Crippen LogP contribution in [0.3, 0.4) is 0 Å². The molecule has 4 rings (SSSR count). The van der Waals surface area contributed by atoms with Gasteiger partial charge in [-0.3, -0.25) is 4.98 Å². The lowest BCUT2D eigenvalue weighted by atomic mass is 10.1. The number of benzene rings is 2. The second-order valence-electron chi connectivity index (χ2n) is 6.84. The van der Waals surface area contributed by atoms with Gasteiger partial charge in [-0.25, -0.2) is 17.6 Å². The van der Waals surface area contributed by atoms with Gasteiger partial charge in [-0.2, -0.15) is 4.31 Å². The molecule has 31 heavy (non-hydrogen) atoms. The molecule has 1 fully saturated rings. The maximum Gasteiger partial charge on any atom is 0.340 e. The Bertz CT molecular complexity index is 1250. The highest BCUT2D eigenvalue weighted by atomic mass is 35.5. The number of sulfonamides is 1. The van der Waals surface area contributed by atoms with Crippen molar-refractivity contribution in [3.8, 4) is 0 Å². The van der Waals surface area contributed by atoms with Crippen molar-refractivity contribution in [1.82, 2.24) is 9.29 Å². The Morgan fingerprint density at radius 3 is 2.74 bits per heavy atom. The molecule has 3 aromatic rings. The molecule has 0 unspecified atom stereocenters. The first-order valence-corrected chi connectivity index (χ1v) is 11.3. The number of carbonyl (C=O) groups is 1. The van der Waals surface area contributed by atoms with E-state index in [1.807, 2.05) is 0 Å². The number of fused-ring (bicyclic) bond motifs is 1. The molecule has 1 aromatic heterocycles. The lowest BCUT2D eigenvalue weighted by Crippen LogP contribution is -2.40. The lowest BCUT2D eigenvalue weighted by Gasteiger charge is -2.26. The monoisotopic (exact) mass is 464 g/mol. The van der Waals surface area contributed by atoms with Crippen LogP contribution >= 0.6 is 11.6 Å². The van der Waals surface area contributed by atoms with Crippen molar-refractivity contribution >= 4 is 38.5 Å². The van der Waals surface area contributed by atoms with E-state index in [9.17, 15) is 17.6 Å². The number of hydrogen-bond acceptors (Lipinski definition) is 6. The van der Waals surface area contributed by atoms with E-state index in [4.69, 9.17) is 21.1 Å². The van der Waals surface area contributed by atoms with Crippen LogP contribution in [0, 0.1) is 5.82 Å². The van der Waals surface area contributed by atoms with E-state index in [0.29, 0.717) is 29.7 Å². The van der Waals surface area contributed by atoms with Crippen LogP contribution in [-0.4, -0.2) is 50.0 Å². The molecular weight excluding hydrogens is 447 g/mol. The van der Waals surface area contributed by atoms with Crippen LogP contribution in [0.4, 0.5) is 4.39 Å². The molecule has 0 amide bonds. The van der Waals surface area contributed by atoms with E-state index in [2.05, 4.69) is 4.98 Å². The second kappa shape index (κ2) is 8.88. The highest BCUT2D eigenvalue weighted by Crippen LogP contribution is 2.25. The summed E-state index contributed by atoms with van der Waals surface area (Å²) >= 11 is 6.13. The maximum atomic E-state index is 14.0. The summed E-state index contributed by atoms with van der Waals surface area (Å²) in [6.07, 6.45) is 1.52. The van der Waals surface area contributed by atoms with Gasteiger partial charge in [-0.15, -0.1) is 0 Å². The van der Waals surface area contributed by atoms with Gasteiger partial charge >= 0.3 is 5.97 Å². The first kappa shape index (κ1) is 21.6. The lowest BCUT2D eigenvalue weighted by molar-refractivity contribution is 0.0474. The smallest absolute Gasteiger partial charge is 0.340 e. The number of nitrogens with zero attached hydrogens (tertiary/aromatic N) is 2. The number of carbonyl (C=O) groups excluding carboxylic acids is 1. The van der Waals surface area contributed by atoms with Crippen LogP contribution in [0.25, 0.3) is 10.9 Å². The van der Waals surface area contributed by atoms with Gasteiger partial charge in [0.2, 0.25) is 10.0 Å². The zero-order chi connectivity index (χ0) is 22.0. The number of hydrogen-bond donors (Lipinski definition) is 0. The van der Waals surface area contributed by atoms with E-state index in [1.54, 1.807) is 12.1 Å². The molecule has 162 valence electrons. The zero-order valence-electron chi connectivity index (χ0n) is 16.3. The molecule has 0 saturated carbocycles. The van der Waals surface area contributed by atoms with Gasteiger partial charge in [-0.1, -0.05) is 17.7 Å². The minimum atomic E-state index is -3.80. The Morgan fingerprint density at radius 1 is 1.19 bits per heavy atom. The summed E-state index contributed by atoms with van der Waals surface area (Å²) in [7, 11) is -3.80. The second-order valence-corrected chi connectivity index (χ2v) is 9.19. The summed E-state index contributed by atoms with van der Waals surface area (Å²) in [5, 5.41) is 0.376. The number of esters is 1. The number of ether oxygens (including phenoxy) is 2. The normalized spacial score (nSPS) is 15.2. The fraction of sp³-hybridized carbons (Fsp3) is 0.238. The average Bonchev–Trinajstić information content (AvgIpc) is 2.79. The fourth-order valence-electron chi connectivity index (χ4n) is 3.29. The SMILES string of the molecule is O=C(OCc1ccc(F)c2cccnc12)c1cc(S(=O)(=O)N2CCOCC2)ccc1Cl. The molecular formula is C21H18ClFN2O5S. The summed E-state index contributed by atoms with van der Waals surface area (Å²) in [4.78, 5) is 16.8. The van der Waals surface area contributed by atoms with Crippen molar-refractivity contribution in [2.75, 3.05) is 26.3 Å². The number of aromatic nitrogens is 1. The number of halogens is 2. The van der Waals surface area contributed by atoms with Crippen LogP contribution in [-0.2, 0) is 26.1 Å². The molecule has 1 aliphatic rings. The van der Waals surface area contributed by atoms with Crippen molar-refractivity contribution in [3.63, 3.8) is 0 Å². The van der Waals surface area contributed by atoms with Crippen molar-refractivity contribution in [3.05, 3.63) is 70.6 Å². The van der Waals surface area contributed by atoms with Crippen molar-refractivity contribution < 1.29 is 27.1 Å². The third-order valence-electron chi connectivity index (χ3n) is 4.92. The molecule has 0 N–H and O–H groups in total. The summed E-state index contributed by atoms with van der Waals surface area (Å²) in [5.41, 5.74) is 0.819. The van der Waals surface area contributed by atoms with Gasteiger partial charge in [0, 0.05) is 30.2 Å². The molecule has 0 aliphatic carbocycles. The largest absolute Gasteiger partial charge is 0.457 e. The average molecular weight is 465 g/mol. The maximum absolute atomic E-state index is 14.0. The van der Waals surface area contributed by atoms with Crippen LogP contribution in [0.2, 0.25) is 5.02 Å². The molecule has 0 bridgehead atoms. The van der Waals surface area contributed by atoms with E-state index < -0.39 is 21.8 Å². The molecule has 0 atom stereocenters. The fourth-order valence-corrected chi connectivity index (χ4v) is 4.92. The molecule has 7 nitrogen and oxygen atoms in total. The van der Waals surface area contributed by atoms with Crippen LogP contribution in [0.5, 0.6) is 0 Å². The van der Waals surface area contributed by atoms with Gasteiger partial charge in [0.05, 0.1) is 34.2 Å². The Morgan fingerprint density at radius 2 is 1.97 bits per heavy atom. The molecule has 1 saturated heterocycles. The van der Waals surface area contributed by atoms with Gasteiger partial charge in [0.15, 0.2) is 0 Å². The van der Waals surface area contributed by atoms with Crippen molar-refractivity contribution in [2.24, 2.45) is 0 Å². The summed E-state index contributed by atoms with van der Waals surface area (Å²) in [5.74, 6) is -1.22. The Balaban J connectivity index is 1.57. The van der Waals surface area contributed by atoms with Crippen molar-refractivity contribution in [1.29, 1.82) is 0 Å².